The molecule has 2 aromatic rings. The molecule has 0 unspecified atom stereocenters. The molecule has 0 aromatic heterocycles. The molecule has 0 aliphatic carbocycles. The molecule has 1 heterocycles. The monoisotopic (exact) mass is 379 g/mol. The van der Waals surface area contributed by atoms with Gasteiger partial charge in [0.1, 0.15) is 12.2 Å². The van der Waals surface area contributed by atoms with Crippen molar-refractivity contribution in [1.82, 2.24) is 0 Å². The Balaban J connectivity index is 1.77. The quantitative estimate of drug-likeness (QED) is 0.459. The first-order valence-electron chi connectivity index (χ1n) is 6.55. The van der Waals surface area contributed by atoms with Crippen LogP contribution in [0.5, 0.6) is 11.5 Å². The zero-order valence-corrected chi connectivity index (χ0v) is 13.2. The number of ether oxygens (including phenoxy) is 3. The Bertz CT molecular complexity index is 792. The van der Waals surface area contributed by atoms with Gasteiger partial charge in [0.05, 0.1) is 4.92 Å². The number of rotatable bonds is 4. The fourth-order valence-corrected chi connectivity index (χ4v) is 2.53. The van der Waals surface area contributed by atoms with Crippen molar-refractivity contribution in [3.8, 4) is 11.5 Å². The van der Waals surface area contributed by atoms with Crippen molar-refractivity contribution in [2.24, 2.45) is 0 Å². The summed E-state index contributed by atoms with van der Waals surface area (Å²) >= 11 is 3.36. The van der Waals surface area contributed by atoms with Crippen LogP contribution >= 0.6 is 15.9 Å². The van der Waals surface area contributed by atoms with E-state index in [2.05, 4.69) is 15.9 Å². The number of carbonyl (C=O) groups excluding carboxylic acids is 1. The van der Waals surface area contributed by atoms with E-state index in [9.17, 15) is 14.9 Å². The van der Waals surface area contributed by atoms with Gasteiger partial charge in [-0.2, -0.15) is 0 Å². The van der Waals surface area contributed by atoms with E-state index in [1.165, 1.54) is 18.2 Å². The number of esters is 1. The second kappa shape index (κ2) is 6.25. The summed E-state index contributed by atoms with van der Waals surface area (Å²) in [5, 5.41) is 10.9. The smallest absolute Gasteiger partial charge is 0.345 e. The minimum atomic E-state index is -0.762. The average Bonchev–Trinajstić information content (AvgIpc) is 2.99. The van der Waals surface area contributed by atoms with E-state index in [-0.39, 0.29) is 24.7 Å². The maximum atomic E-state index is 12.1. The number of hydrogen-bond acceptors (Lipinski definition) is 6. The normalized spacial score (nSPS) is 12.0. The first-order chi connectivity index (χ1) is 11.1. The number of fused-ring (bicyclic) bond motifs is 1. The summed E-state index contributed by atoms with van der Waals surface area (Å²) in [6.07, 6.45) is 0. The van der Waals surface area contributed by atoms with Crippen LogP contribution in [-0.2, 0) is 11.3 Å². The molecular weight excluding hydrogens is 370 g/mol. The van der Waals surface area contributed by atoms with E-state index in [4.69, 9.17) is 14.2 Å². The van der Waals surface area contributed by atoms with Crippen molar-refractivity contribution < 1.29 is 23.9 Å². The van der Waals surface area contributed by atoms with Crippen LogP contribution in [0, 0.1) is 10.1 Å². The number of benzene rings is 2. The third-order valence-corrected chi connectivity index (χ3v) is 3.96. The molecule has 118 valence electrons. The summed E-state index contributed by atoms with van der Waals surface area (Å²) < 4.78 is 16.4. The number of hydrogen-bond donors (Lipinski definition) is 0. The number of nitro groups is 1. The van der Waals surface area contributed by atoms with Gasteiger partial charge < -0.3 is 14.2 Å². The third-order valence-electron chi connectivity index (χ3n) is 3.22. The van der Waals surface area contributed by atoms with Crippen LogP contribution in [0.2, 0.25) is 0 Å². The molecule has 23 heavy (non-hydrogen) atoms. The van der Waals surface area contributed by atoms with Crippen molar-refractivity contribution in [2.75, 3.05) is 6.79 Å². The minimum Gasteiger partial charge on any atom is -0.457 e. The Morgan fingerprint density at radius 2 is 1.96 bits per heavy atom. The molecule has 1 aliphatic rings. The molecule has 1 aliphatic heterocycles. The number of halogens is 1. The number of carbonyl (C=O) groups is 1. The van der Waals surface area contributed by atoms with Gasteiger partial charge in [-0.05, 0) is 18.2 Å². The maximum Gasteiger partial charge on any atom is 0.345 e. The molecule has 0 amide bonds. The standard InChI is InChI=1S/C15H10BrNO6/c16-11-6-14-13(22-8-23-14)5-9(11)7-21-15(18)10-3-1-2-4-12(10)17(19)20/h1-6H,7-8H2. The van der Waals surface area contributed by atoms with Crippen LogP contribution in [0.25, 0.3) is 0 Å². The summed E-state index contributed by atoms with van der Waals surface area (Å²) in [6.45, 7) is 0.0866. The molecule has 8 heteroatoms. The minimum absolute atomic E-state index is 0.0535. The molecule has 0 spiro atoms. The Morgan fingerprint density at radius 3 is 2.70 bits per heavy atom. The first kappa shape index (κ1) is 15.3. The predicted molar refractivity (Wildman–Crippen MR) is 82.5 cm³/mol. The Labute approximate surface area is 139 Å². The maximum absolute atomic E-state index is 12.1. The zero-order chi connectivity index (χ0) is 16.4. The van der Waals surface area contributed by atoms with Gasteiger partial charge in [0.25, 0.3) is 5.69 Å². The fraction of sp³-hybridized carbons (Fsp3) is 0.133. The molecule has 0 bridgehead atoms. The Hall–Kier alpha value is -2.61. The second-order valence-electron chi connectivity index (χ2n) is 4.65. The van der Waals surface area contributed by atoms with Crippen LogP contribution < -0.4 is 9.47 Å². The number of nitrogens with zero attached hydrogens (tertiary/aromatic N) is 1. The number of nitro benzene ring substituents is 1. The lowest BCUT2D eigenvalue weighted by molar-refractivity contribution is -0.385. The lowest BCUT2D eigenvalue weighted by Gasteiger charge is -2.08. The van der Waals surface area contributed by atoms with E-state index in [1.54, 1.807) is 18.2 Å². The van der Waals surface area contributed by atoms with Gasteiger partial charge in [0.15, 0.2) is 11.5 Å². The summed E-state index contributed by atoms with van der Waals surface area (Å²) in [4.78, 5) is 22.4. The molecule has 0 radical (unpaired) electrons. The molecular formula is C15H10BrNO6. The highest BCUT2D eigenvalue weighted by Crippen LogP contribution is 2.37. The van der Waals surface area contributed by atoms with Crippen molar-refractivity contribution in [2.45, 2.75) is 6.61 Å². The van der Waals surface area contributed by atoms with Crippen molar-refractivity contribution in [3.05, 3.63) is 62.1 Å². The predicted octanol–water partition coefficient (Wildman–Crippen LogP) is 3.44. The van der Waals surface area contributed by atoms with Gasteiger partial charge in [0.2, 0.25) is 6.79 Å². The second-order valence-corrected chi connectivity index (χ2v) is 5.50. The molecule has 0 fully saturated rings. The van der Waals surface area contributed by atoms with Crippen molar-refractivity contribution in [3.63, 3.8) is 0 Å². The Morgan fingerprint density at radius 1 is 1.26 bits per heavy atom. The zero-order valence-electron chi connectivity index (χ0n) is 11.7. The topological polar surface area (TPSA) is 87.9 Å². The molecule has 0 saturated carbocycles. The van der Waals surface area contributed by atoms with Crippen LogP contribution in [0.3, 0.4) is 0 Å². The molecule has 3 rings (SSSR count). The molecule has 0 N–H and O–H groups in total. The van der Waals surface area contributed by atoms with E-state index < -0.39 is 10.9 Å². The highest BCUT2D eigenvalue weighted by atomic mass is 79.9. The largest absolute Gasteiger partial charge is 0.457 e. The van der Waals surface area contributed by atoms with E-state index in [1.807, 2.05) is 0 Å². The lowest BCUT2D eigenvalue weighted by atomic mass is 10.2. The SMILES string of the molecule is O=C(OCc1cc2c(cc1Br)OCO2)c1ccccc1[N+](=O)[O-]. The lowest BCUT2D eigenvalue weighted by Crippen LogP contribution is -2.08. The van der Waals surface area contributed by atoms with Gasteiger partial charge in [-0.3, -0.25) is 10.1 Å². The average molecular weight is 380 g/mol. The summed E-state index contributed by atoms with van der Waals surface area (Å²) in [7, 11) is 0. The first-order valence-corrected chi connectivity index (χ1v) is 7.34. The molecule has 7 nitrogen and oxygen atoms in total. The third kappa shape index (κ3) is 3.11. The van der Waals surface area contributed by atoms with Crippen molar-refractivity contribution >= 4 is 27.6 Å². The molecule has 2 aromatic carbocycles. The molecule has 0 saturated heterocycles. The highest BCUT2D eigenvalue weighted by Gasteiger charge is 2.22. The Kier molecular flexibility index (Phi) is 4.16. The van der Waals surface area contributed by atoms with Gasteiger partial charge in [-0.1, -0.05) is 28.1 Å². The van der Waals surface area contributed by atoms with Gasteiger partial charge in [-0.25, -0.2) is 4.79 Å². The van der Waals surface area contributed by atoms with Gasteiger partial charge in [-0.15, -0.1) is 0 Å². The van der Waals surface area contributed by atoms with E-state index >= 15 is 0 Å². The fourth-order valence-electron chi connectivity index (χ4n) is 2.10. The van der Waals surface area contributed by atoms with Gasteiger partial charge in [0, 0.05) is 16.1 Å². The summed E-state index contributed by atoms with van der Waals surface area (Å²) in [5.74, 6) is 0.400. The van der Waals surface area contributed by atoms with Gasteiger partial charge >= 0.3 is 5.97 Å². The molecule has 0 atom stereocenters. The number of para-hydroxylation sites is 1. The van der Waals surface area contributed by atoms with Crippen LogP contribution in [0.1, 0.15) is 15.9 Å². The summed E-state index contributed by atoms with van der Waals surface area (Å²) in [5.41, 5.74) is 0.290. The van der Waals surface area contributed by atoms with Crippen LogP contribution in [-0.4, -0.2) is 17.7 Å². The van der Waals surface area contributed by atoms with E-state index in [0.29, 0.717) is 21.5 Å². The van der Waals surface area contributed by atoms with Crippen LogP contribution in [0.15, 0.2) is 40.9 Å². The van der Waals surface area contributed by atoms with Crippen molar-refractivity contribution in [1.29, 1.82) is 0 Å². The summed E-state index contributed by atoms with van der Waals surface area (Å²) in [6, 6.07) is 9.06. The highest BCUT2D eigenvalue weighted by molar-refractivity contribution is 9.10. The van der Waals surface area contributed by atoms with E-state index in [0.717, 1.165) is 0 Å². The van der Waals surface area contributed by atoms with Crippen LogP contribution in [0.4, 0.5) is 5.69 Å².